The van der Waals surface area contributed by atoms with E-state index in [2.05, 4.69) is 81.2 Å². The van der Waals surface area contributed by atoms with E-state index in [4.69, 9.17) is 76.2 Å². The number of rotatable bonds is 28. The van der Waals surface area contributed by atoms with Crippen molar-refractivity contribution in [1.29, 1.82) is 0 Å². The molecule has 15 atom stereocenters. The molecule has 7 unspecified atom stereocenters. The molecule has 19 nitrogen and oxygen atoms in total. The molecule has 0 radical (unpaired) electrons. The maximum atomic E-state index is 13.4. The average molecular weight is 2150 g/mol. The number of halogens is 1. The Morgan fingerprint density at radius 2 is 0.862 bits per heavy atom. The van der Waals surface area contributed by atoms with Gasteiger partial charge >= 0.3 is 314 Å². The second-order valence-corrected chi connectivity index (χ2v) is 43.7. The normalized spacial score (nSPS) is 28.9. The quantitative estimate of drug-likeness (QED) is 0.0287. The molecule has 6 rings (SSSR count). The fourth-order valence-corrected chi connectivity index (χ4v) is 19.2. The molecule has 0 saturated carbocycles. The Bertz CT molecular complexity index is 1980. The monoisotopic (exact) mass is 2150 g/mol. The number of allylic oxidation sites excluding steroid dienone is 1. The molecule has 6 aliphatic rings. The van der Waals surface area contributed by atoms with Gasteiger partial charge in [0.25, 0.3) is 0 Å². The van der Waals surface area contributed by atoms with Crippen molar-refractivity contribution >= 4 is 365 Å². The van der Waals surface area contributed by atoms with Crippen molar-refractivity contribution in [3.05, 3.63) is 52.3 Å². The van der Waals surface area contributed by atoms with Gasteiger partial charge < -0.3 is 82.4 Å². The van der Waals surface area contributed by atoms with Gasteiger partial charge in [-0.25, -0.2) is 48.8 Å². The Labute approximate surface area is 798 Å². The Morgan fingerprint density at radius 1 is 0.563 bits per heavy atom. The van der Waals surface area contributed by atoms with Crippen LogP contribution in [0.15, 0.2) is 12.7 Å². The molecule has 6 heterocycles. The summed E-state index contributed by atoms with van der Waals surface area (Å²) in [6.45, 7) is 35.6. The number of hydrogen-bond acceptors (Lipinski definition) is 21. The van der Waals surface area contributed by atoms with Crippen molar-refractivity contribution in [2.45, 2.75) is 250 Å². The molecule has 494 valence electrons. The van der Waals surface area contributed by atoms with Gasteiger partial charge in [-0.3, -0.25) is 18.1 Å². The van der Waals surface area contributed by atoms with E-state index >= 15 is 0 Å². The first-order valence-electron chi connectivity index (χ1n) is 28.3. The smallest absolute Gasteiger partial charge is 1.00 e. The van der Waals surface area contributed by atoms with Gasteiger partial charge in [-0.2, -0.15) is 0 Å². The van der Waals surface area contributed by atoms with Crippen LogP contribution in [0.3, 0.4) is 0 Å². The number of hydrogen-bond donors (Lipinski definition) is 3. The van der Waals surface area contributed by atoms with Crippen LogP contribution in [0.5, 0.6) is 0 Å². The van der Waals surface area contributed by atoms with E-state index < -0.39 is 61.4 Å². The Kier molecular flexibility index (Phi) is 66.9. The molecule has 0 aromatic carbocycles. The summed E-state index contributed by atoms with van der Waals surface area (Å²) in [5.41, 5.74) is 0. The third-order valence-electron chi connectivity index (χ3n) is 14.5. The van der Waals surface area contributed by atoms with Gasteiger partial charge in [-0.05, 0) is 103 Å². The minimum Gasteiger partial charge on any atom is -1.00 e. The molecular formula is C53H107Ba6ClO19P3S3Si2-. The average Bonchev–Trinajstić information content (AvgIpc) is 3.39. The van der Waals surface area contributed by atoms with Gasteiger partial charge in [0.2, 0.25) is 0 Å². The van der Waals surface area contributed by atoms with Crippen molar-refractivity contribution in [2.75, 3.05) is 37.9 Å². The molecule has 6 saturated heterocycles. The molecule has 0 aromatic rings. The molecule has 0 aliphatic carbocycles. The third-order valence-corrected chi connectivity index (χ3v) is 33.0. The van der Waals surface area contributed by atoms with E-state index in [0.29, 0.717) is 43.6 Å². The van der Waals surface area contributed by atoms with Crippen molar-refractivity contribution in [3.8, 4) is 0 Å². The summed E-state index contributed by atoms with van der Waals surface area (Å²) in [5, 5.41) is 19.2. The first-order valence-corrected chi connectivity index (χ1v) is 43.0. The number of aliphatic hydroxyl groups excluding tert-OH is 2. The summed E-state index contributed by atoms with van der Waals surface area (Å²) in [6.07, 6.45) is 5.05. The van der Waals surface area contributed by atoms with E-state index in [0.717, 1.165) is 43.5 Å². The molecule has 0 amide bonds. The second-order valence-electron chi connectivity index (χ2n) is 23.1. The maximum absolute atomic E-state index is 13.4. The summed E-state index contributed by atoms with van der Waals surface area (Å²) < 4.78 is 106. The predicted molar refractivity (Wildman–Crippen MR) is 367 cm³/mol. The number of ether oxygens (including phenoxy) is 6. The molecule has 6 aliphatic heterocycles. The van der Waals surface area contributed by atoms with Crippen LogP contribution < -0.4 is 12.4 Å². The van der Waals surface area contributed by atoms with Crippen LogP contribution in [0.25, 0.3) is 0 Å². The van der Waals surface area contributed by atoms with E-state index in [1.165, 1.54) is 18.0 Å². The van der Waals surface area contributed by atoms with Crippen LogP contribution in [-0.4, -0.2) is 436 Å². The topological polar surface area (TPSA) is 224 Å². The zero-order chi connectivity index (χ0) is 60.0. The van der Waals surface area contributed by atoms with Gasteiger partial charge in [0.05, 0.1) is 75.3 Å². The Hall–Kier alpha value is 11.0. The molecule has 0 spiro atoms. The van der Waals surface area contributed by atoms with E-state index in [1.807, 2.05) is 27.7 Å². The zero-order valence-corrected chi connectivity index (χ0v) is 89.6. The molecular weight excluding hydrogens is 2050 g/mol. The van der Waals surface area contributed by atoms with Crippen LogP contribution in [0, 0.1) is 39.6 Å². The molecule has 0 bridgehead atoms. The SMILES string of the molecule is C=CC.CCCS[P@@](=O)(OC[C@H]1O[CH-]CC1O)OC1C[CH-]O[C@@H]1CO.CCCS[P@@](=O)(OC[C@H]1O[CH-]CC1O[Si](C)(C)C(C)(C)C)OC1C[CH-]O[C@@H]1CC.CC[C@H]1O[CH-]CC1OP(O)(=S)OC[C@H]1O[CH-]CC1O[Si](C)(C)C(C)(C)C.[Ba+2].[Ba+2].[Ba+2].[Ba+2].[Ba+2].[Ba+2].[Cl-].[H-].[H-].[H-].[H-].[H-].[H-]. The van der Waals surface area contributed by atoms with E-state index in [-0.39, 0.29) is 400 Å². The fraction of sp³-hybridized carbons (Fsp3) is 0.849. The second kappa shape index (κ2) is 54.6. The van der Waals surface area contributed by atoms with Gasteiger partial charge in [0.1, 0.15) is 0 Å². The van der Waals surface area contributed by atoms with Gasteiger partial charge in [0.15, 0.2) is 16.6 Å². The maximum Gasteiger partial charge on any atom is 2.00 e. The van der Waals surface area contributed by atoms with Crippen LogP contribution in [0.2, 0.25) is 36.3 Å². The van der Waals surface area contributed by atoms with E-state index in [1.54, 1.807) is 39.1 Å². The van der Waals surface area contributed by atoms with Crippen molar-refractivity contribution < 1.29 is 110 Å². The third kappa shape index (κ3) is 40.0. The zero-order valence-electron chi connectivity index (χ0n) is 61.1. The van der Waals surface area contributed by atoms with E-state index in [9.17, 15) is 24.2 Å². The van der Waals surface area contributed by atoms with Crippen LogP contribution >= 0.6 is 43.1 Å². The Balaban J connectivity index is -0.000000111. The first kappa shape index (κ1) is 107. The molecule has 0 aromatic heterocycles. The van der Waals surface area contributed by atoms with Gasteiger partial charge in [0, 0.05) is 35.9 Å². The van der Waals surface area contributed by atoms with Crippen LogP contribution in [0.4, 0.5) is 0 Å². The van der Waals surface area contributed by atoms with Gasteiger partial charge in [-0.1, -0.05) is 75.3 Å². The summed E-state index contributed by atoms with van der Waals surface area (Å²) in [4.78, 5) is 10.4. The minimum absolute atomic E-state index is 0. The van der Waals surface area contributed by atoms with Crippen LogP contribution in [0.1, 0.15) is 149 Å². The van der Waals surface area contributed by atoms with Crippen molar-refractivity contribution in [1.82, 2.24) is 0 Å². The first-order chi connectivity index (χ1) is 37.5. The summed E-state index contributed by atoms with van der Waals surface area (Å²) in [7, 11) is -3.85. The van der Waals surface area contributed by atoms with Crippen molar-refractivity contribution in [3.63, 3.8) is 0 Å². The summed E-state index contributed by atoms with van der Waals surface area (Å²) >= 11 is 7.57. The fourth-order valence-electron chi connectivity index (χ4n) is 7.73. The van der Waals surface area contributed by atoms with Crippen LogP contribution in [-0.2, 0) is 85.4 Å². The summed E-state index contributed by atoms with van der Waals surface area (Å²) in [6, 6.07) is 0. The Morgan fingerprint density at radius 3 is 1.20 bits per heavy atom. The minimum atomic E-state index is -3.41. The number of aliphatic hydroxyl groups is 2. The summed E-state index contributed by atoms with van der Waals surface area (Å²) in [5.74, 6) is 1.34. The predicted octanol–water partition coefficient (Wildman–Crippen LogP) is 9.13. The van der Waals surface area contributed by atoms with Gasteiger partial charge in [-0.15, -0.1) is 45.1 Å². The molecule has 6 fully saturated rings. The largest absolute Gasteiger partial charge is 2.00 e. The molecule has 3 N–H and O–H groups in total. The standard InChI is InChI=1S/C20H39O6PSSi.C17H33O6PSSi.C13H23O7PS.C3H6.6Ba.ClH.6H/c1-8-14-28-27(21,25-17-10-12-22-16(17)9-2)24-15-19-18(11-13-23-19)26-29(6,7)20(3,4)5;1-7-13-14(8-10-19-13)22-24(18,25)21-12-16-15(9-11-20-16)23-26(5,6)17(2,3)4;1-2-7-22-21(16,19-9-13-10(15)3-5-18-13)20-11-4-6-17-12(11)8-14;1-3-2;;;;;;;;;;;;;/h12-13,16-19H,8-11,14-15H2,1-7H3;10-11,13-16H,7-9,12H2,1-6H3,(H,18,25);5-6,10-15H,2-4,7-9H2,1H3;3H,1H2,2H3;;;;;;;1H;;;;;;/q3*-2;;6*+2;;6*-1/p-1/t16-,17?,18?,19-,27+;13-,14?,15?,16-,24?;10?,11?,12-,13-,21+;;;;;;;;;;;;;;/m111............../s1. The molecule has 34 heteroatoms. The molecule has 87 heavy (non-hydrogen) atoms. The van der Waals surface area contributed by atoms with Crippen molar-refractivity contribution in [2.24, 2.45) is 0 Å².